The predicted molar refractivity (Wildman–Crippen MR) is 132 cm³/mol. The number of hydrogen-bond acceptors (Lipinski definition) is 7. The molecule has 0 aliphatic carbocycles. The van der Waals surface area contributed by atoms with Gasteiger partial charge in [0, 0.05) is 11.1 Å². The van der Waals surface area contributed by atoms with E-state index in [2.05, 4.69) is 20.8 Å². The molecular weight excluding hydrogens is 431 g/mol. The third-order valence-corrected chi connectivity index (χ3v) is 6.99. The van der Waals surface area contributed by atoms with E-state index in [1.165, 1.54) is 0 Å². The van der Waals surface area contributed by atoms with Gasteiger partial charge in [-0.2, -0.15) is 0 Å². The third-order valence-electron chi connectivity index (χ3n) is 6.99. The maximum atomic E-state index is 6.30. The van der Waals surface area contributed by atoms with Gasteiger partial charge in [-0.1, -0.05) is 32.9 Å². The minimum atomic E-state index is -0.840. The van der Waals surface area contributed by atoms with Crippen LogP contribution < -0.4 is 20.7 Å². The molecular formula is C26H33BN2O5. The Labute approximate surface area is 201 Å². The molecule has 1 saturated heterocycles. The highest BCUT2D eigenvalue weighted by molar-refractivity contribution is 6.62. The molecule has 1 spiro atoms. The number of benzene rings is 2. The van der Waals surface area contributed by atoms with Gasteiger partial charge < -0.3 is 29.3 Å². The second kappa shape index (κ2) is 7.39. The smallest absolute Gasteiger partial charge is 0.493 e. The van der Waals surface area contributed by atoms with E-state index >= 15 is 0 Å². The Morgan fingerprint density at radius 3 is 2.18 bits per heavy atom. The fourth-order valence-corrected chi connectivity index (χ4v) is 4.37. The molecule has 0 saturated carbocycles. The Morgan fingerprint density at radius 1 is 0.971 bits per heavy atom. The summed E-state index contributed by atoms with van der Waals surface area (Å²) in [5.74, 6) is 2.17. The largest absolute Gasteiger partial charge is 0.494 e. The van der Waals surface area contributed by atoms with Crippen LogP contribution in [-0.4, -0.2) is 37.6 Å². The first-order chi connectivity index (χ1) is 15.8. The fourth-order valence-electron chi connectivity index (χ4n) is 4.37. The van der Waals surface area contributed by atoms with Crippen LogP contribution in [0.15, 0.2) is 41.4 Å². The molecule has 34 heavy (non-hydrogen) atoms. The van der Waals surface area contributed by atoms with E-state index in [1.54, 1.807) is 0 Å². The van der Waals surface area contributed by atoms with Gasteiger partial charge in [0.25, 0.3) is 6.02 Å². The summed E-state index contributed by atoms with van der Waals surface area (Å²) >= 11 is 0. The number of ether oxygens (including phenoxy) is 3. The summed E-state index contributed by atoms with van der Waals surface area (Å²) in [6, 6.07) is 11.9. The highest BCUT2D eigenvalue weighted by atomic mass is 16.7. The van der Waals surface area contributed by atoms with Gasteiger partial charge in [0.05, 0.1) is 17.8 Å². The van der Waals surface area contributed by atoms with E-state index in [-0.39, 0.29) is 18.0 Å². The monoisotopic (exact) mass is 464 g/mol. The van der Waals surface area contributed by atoms with Crippen molar-refractivity contribution in [3.63, 3.8) is 0 Å². The third kappa shape index (κ3) is 3.73. The zero-order valence-electron chi connectivity index (χ0n) is 21.0. The topological polar surface area (TPSA) is 84.5 Å². The molecule has 0 radical (unpaired) electrons. The lowest BCUT2D eigenvalue weighted by molar-refractivity contribution is 0.00578. The van der Waals surface area contributed by atoms with Crippen molar-refractivity contribution >= 4 is 18.6 Å². The summed E-state index contributed by atoms with van der Waals surface area (Å²) in [5.41, 5.74) is 6.98. The second-order valence-corrected chi connectivity index (χ2v) is 11.6. The number of nitrogens with zero attached hydrogens (tertiary/aromatic N) is 1. The maximum absolute atomic E-state index is 6.30. The quantitative estimate of drug-likeness (QED) is 0.689. The van der Waals surface area contributed by atoms with Crippen molar-refractivity contribution in [3.8, 4) is 17.2 Å². The van der Waals surface area contributed by atoms with Crippen LogP contribution in [-0.2, 0) is 19.6 Å². The first-order valence-corrected chi connectivity index (χ1v) is 11.7. The van der Waals surface area contributed by atoms with Crippen LogP contribution in [0.1, 0.15) is 59.6 Å². The van der Waals surface area contributed by atoms with Crippen molar-refractivity contribution in [1.29, 1.82) is 0 Å². The van der Waals surface area contributed by atoms with Gasteiger partial charge in [-0.3, -0.25) is 0 Å². The number of aliphatic imine (C=N–C) groups is 1. The highest BCUT2D eigenvalue weighted by Crippen LogP contribution is 2.51. The number of amidine groups is 1. The Hall–Kier alpha value is -2.71. The van der Waals surface area contributed by atoms with Crippen LogP contribution >= 0.6 is 0 Å². The van der Waals surface area contributed by atoms with Gasteiger partial charge in [-0.25, -0.2) is 4.99 Å². The molecule has 3 aliphatic heterocycles. The van der Waals surface area contributed by atoms with Crippen molar-refractivity contribution in [1.82, 2.24) is 0 Å². The van der Waals surface area contributed by atoms with E-state index in [0.29, 0.717) is 18.1 Å². The number of nitrogens with two attached hydrogens (primary N) is 1. The lowest BCUT2D eigenvalue weighted by Gasteiger charge is -2.34. The molecule has 3 aliphatic rings. The van der Waals surface area contributed by atoms with Gasteiger partial charge >= 0.3 is 7.12 Å². The summed E-state index contributed by atoms with van der Waals surface area (Å²) in [5, 5.41) is 0. The first-order valence-electron chi connectivity index (χ1n) is 11.7. The SMILES string of the molecule is CC(C)(C)COc1ccc2c(c1)[C@]1(COC(N)=N1)c1cc(B3OC(C)(C)C(C)(C)O3)ccc1O2. The zero-order chi connectivity index (χ0) is 24.5. The Balaban J connectivity index is 1.57. The molecule has 2 aromatic rings. The summed E-state index contributed by atoms with van der Waals surface area (Å²) in [4.78, 5) is 4.79. The normalized spacial score (nSPS) is 24.2. The molecule has 0 amide bonds. The minimum absolute atomic E-state index is 0.0352. The number of fused-ring (bicyclic) bond motifs is 4. The molecule has 8 heteroatoms. The van der Waals surface area contributed by atoms with Gasteiger partial charge in [-0.15, -0.1) is 0 Å². The van der Waals surface area contributed by atoms with Crippen LogP contribution in [0.4, 0.5) is 0 Å². The van der Waals surface area contributed by atoms with Crippen molar-refractivity contribution in [2.24, 2.45) is 16.1 Å². The summed E-state index contributed by atoms with van der Waals surface area (Å²) < 4.78 is 30.7. The molecule has 1 fully saturated rings. The van der Waals surface area contributed by atoms with Crippen molar-refractivity contribution in [2.75, 3.05) is 13.2 Å². The van der Waals surface area contributed by atoms with Crippen molar-refractivity contribution in [2.45, 2.75) is 65.2 Å². The Morgan fingerprint density at radius 2 is 1.59 bits per heavy atom. The molecule has 0 bridgehead atoms. The summed E-state index contributed by atoms with van der Waals surface area (Å²) in [6.07, 6.45) is 0. The van der Waals surface area contributed by atoms with Crippen LogP contribution in [0.3, 0.4) is 0 Å². The average molecular weight is 464 g/mol. The van der Waals surface area contributed by atoms with Crippen LogP contribution in [0.2, 0.25) is 0 Å². The Bertz CT molecular complexity index is 1150. The van der Waals surface area contributed by atoms with Crippen LogP contribution in [0.5, 0.6) is 17.2 Å². The highest BCUT2D eigenvalue weighted by Gasteiger charge is 2.53. The average Bonchev–Trinajstić information content (AvgIpc) is 3.23. The summed E-state index contributed by atoms with van der Waals surface area (Å²) in [7, 11) is -0.501. The van der Waals surface area contributed by atoms with E-state index in [4.69, 9.17) is 34.2 Å². The molecule has 5 rings (SSSR count). The standard InChI is InChI=1S/C26H33BN2O5/c1-23(2,3)14-30-17-9-11-21-19(13-17)26(15-31-22(28)29-26)18-12-16(8-10-20(18)32-21)27-33-24(4,5)25(6,7)34-27/h8-13H,14-15H2,1-7H3,(H2,28,29)/t26-/m0/s1. The molecule has 180 valence electrons. The molecule has 3 heterocycles. The van der Waals surface area contributed by atoms with Gasteiger partial charge in [0.1, 0.15) is 23.9 Å². The van der Waals surface area contributed by atoms with E-state index < -0.39 is 23.9 Å². The first kappa shape index (κ1) is 23.1. The molecule has 2 aromatic carbocycles. The Kier molecular flexibility index (Phi) is 5.01. The lowest BCUT2D eigenvalue weighted by atomic mass is 9.74. The summed E-state index contributed by atoms with van der Waals surface area (Å²) in [6.45, 7) is 15.4. The van der Waals surface area contributed by atoms with Crippen LogP contribution in [0.25, 0.3) is 0 Å². The number of rotatable bonds is 3. The van der Waals surface area contributed by atoms with E-state index in [1.807, 2.05) is 64.1 Å². The predicted octanol–water partition coefficient (Wildman–Crippen LogP) is 4.10. The van der Waals surface area contributed by atoms with Gasteiger partial charge in [0.15, 0.2) is 5.54 Å². The molecule has 1 atom stereocenters. The minimum Gasteiger partial charge on any atom is -0.493 e. The van der Waals surface area contributed by atoms with E-state index in [9.17, 15) is 0 Å². The molecule has 0 unspecified atom stereocenters. The van der Waals surface area contributed by atoms with Crippen molar-refractivity contribution < 1.29 is 23.5 Å². The second-order valence-electron chi connectivity index (χ2n) is 11.6. The zero-order valence-corrected chi connectivity index (χ0v) is 21.0. The van der Waals surface area contributed by atoms with Gasteiger partial charge in [-0.05, 0) is 62.8 Å². The fraction of sp³-hybridized carbons (Fsp3) is 0.500. The van der Waals surface area contributed by atoms with Crippen molar-refractivity contribution in [3.05, 3.63) is 47.5 Å². The molecule has 0 aromatic heterocycles. The maximum Gasteiger partial charge on any atom is 0.494 e. The lowest BCUT2D eigenvalue weighted by Crippen LogP contribution is -2.41. The van der Waals surface area contributed by atoms with Gasteiger partial charge in [0.2, 0.25) is 0 Å². The van der Waals surface area contributed by atoms with Crippen LogP contribution in [0, 0.1) is 5.41 Å². The molecule has 7 nitrogen and oxygen atoms in total. The molecule has 2 N–H and O–H groups in total. The number of hydrogen-bond donors (Lipinski definition) is 1. The van der Waals surface area contributed by atoms with E-state index in [0.717, 1.165) is 22.3 Å².